The minimum Gasteiger partial charge on any atom is -0.496 e. The molecule has 6 nitrogen and oxygen atoms in total. The van der Waals surface area contributed by atoms with Crippen molar-refractivity contribution in [1.82, 2.24) is 4.98 Å². The largest absolute Gasteiger partial charge is 0.496 e. The van der Waals surface area contributed by atoms with Gasteiger partial charge >= 0.3 is 0 Å². The summed E-state index contributed by atoms with van der Waals surface area (Å²) in [6.45, 7) is 3.30. The summed E-state index contributed by atoms with van der Waals surface area (Å²) in [7, 11) is 1.61. The van der Waals surface area contributed by atoms with Crippen LogP contribution < -0.4 is 14.8 Å². The van der Waals surface area contributed by atoms with Gasteiger partial charge in [0.05, 0.1) is 12.8 Å². The molecule has 1 aromatic heterocycles. The van der Waals surface area contributed by atoms with E-state index in [1.54, 1.807) is 31.4 Å². The Kier molecular flexibility index (Phi) is 6.06. The van der Waals surface area contributed by atoms with E-state index in [0.717, 1.165) is 22.6 Å². The first kappa shape index (κ1) is 19.6. The third-order valence-corrected chi connectivity index (χ3v) is 4.75. The van der Waals surface area contributed by atoms with Crippen molar-refractivity contribution in [2.75, 3.05) is 19.0 Å². The molecule has 0 aliphatic heterocycles. The topological polar surface area (TPSA) is 77.5 Å². The predicted molar refractivity (Wildman–Crippen MR) is 109 cm³/mol. The average Bonchev–Trinajstić information content (AvgIpc) is 3.15. The summed E-state index contributed by atoms with van der Waals surface area (Å²) in [6.07, 6.45) is 0. The molecule has 0 aliphatic carbocycles. The van der Waals surface area contributed by atoms with Gasteiger partial charge in [-0.05, 0) is 38.1 Å². The lowest BCUT2D eigenvalue weighted by molar-refractivity contribution is -0.118. The lowest BCUT2D eigenvalue weighted by Crippen LogP contribution is -2.20. The van der Waals surface area contributed by atoms with Gasteiger partial charge in [0.1, 0.15) is 11.5 Å². The quantitative estimate of drug-likeness (QED) is 0.601. The van der Waals surface area contributed by atoms with E-state index in [0.29, 0.717) is 16.4 Å². The van der Waals surface area contributed by atoms with E-state index in [1.807, 2.05) is 30.5 Å². The van der Waals surface area contributed by atoms with Crippen molar-refractivity contribution in [2.45, 2.75) is 13.8 Å². The number of amides is 1. The molecule has 0 saturated carbocycles. The van der Waals surface area contributed by atoms with Gasteiger partial charge in [0.15, 0.2) is 17.5 Å². The van der Waals surface area contributed by atoms with E-state index in [9.17, 15) is 9.59 Å². The first-order valence-corrected chi connectivity index (χ1v) is 9.48. The Morgan fingerprint density at radius 2 is 2.00 bits per heavy atom. The van der Waals surface area contributed by atoms with Gasteiger partial charge in [0.25, 0.3) is 5.91 Å². The van der Waals surface area contributed by atoms with Crippen molar-refractivity contribution in [3.63, 3.8) is 0 Å². The van der Waals surface area contributed by atoms with Gasteiger partial charge in [-0.2, -0.15) is 0 Å². The number of ether oxygens (including phenoxy) is 2. The molecule has 144 valence electrons. The number of ketones is 1. The molecule has 3 rings (SSSR count). The fourth-order valence-electron chi connectivity index (χ4n) is 2.59. The molecular formula is C21H20N2O4S. The lowest BCUT2D eigenvalue weighted by Gasteiger charge is -2.07. The molecule has 0 atom stereocenters. The van der Waals surface area contributed by atoms with E-state index in [4.69, 9.17) is 9.47 Å². The second-order valence-electron chi connectivity index (χ2n) is 6.16. The van der Waals surface area contributed by atoms with E-state index in [2.05, 4.69) is 10.3 Å². The lowest BCUT2D eigenvalue weighted by atomic mass is 10.1. The number of thiazole rings is 1. The Hall–Kier alpha value is -3.19. The van der Waals surface area contributed by atoms with Crippen LogP contribution in [0.2, 0.25) is 0 Å². The zero-order chi connectivity index (χ0) is 20.1. The van der Waals surface area contributed by atoms with E-state index < -0.39 is 0 Å². The van der Waals surface area contributed by atoms with Gasteiger partial charge < -0.3 is 9.47 Å². The summed E-state index contributed by atoms with van der Waals surface area (Å²) in [4.78, 5) is 28.0. The Balaban J connectivity index is 1.64. The number of nitrogens with zero attached hydrogens (tertiary/aromatic N) is 1. The highest BCUT2D eigenvalue weighted by molar-refractivity contribution is 7.14. The molecule has 0 saturated heterocycles. The third kappa shape index (κ3) is 4.75. The van der Waals surface area contributed by atoms with Gasteiger partial charge in [0, 0.05) is 16.5 Å². The number of benzene rings is 2. The number of rotatable bonds is 7. The first-order valence-electron chi connectivity index (χ1n) is 8.60. The number of hydrogen-bond donors (Lipinski definition) is 1. The summed E-state index contributed by atoms with van der Waals surface area (Å²) >= 11 is 1.33. The highest BCUT2D eigenvalue weighted by Gasteiger charge is 2.12. The second-order valence-corrected chi connectivity index (χ2v) is 7.02. The summed E-state index contributed by atoms with van der Waals surface area (Å²) < 4.78 is 10.9. The summed E-state index contributed by atoms with van der Waals surface area (Å²) in [6, 6.07) is 12.6. The predicted octanol–water partition coefficient (Wildman–Crippen LogP) is 4.35. The number of nitrogens with one attached hydrogen (secondary N) is 1. The minimum absolute atomic E-state index is 0.0585. The molecule has 0 aliphatic rings. The number of aromatic nitrogens is 1. The normalized spacial score (nSPS) is 10.4. The molecule has 1 heterocycles. The fourth-order valence-corrected chi connectivity index (χ4v) is 3.31. The van der Waals surface area contributed by atoms with E-state index >= 15 is 0 Å². The van der Waals surface area contributed by atoms with Crippen LogP contribution in [0.1, 0.15) is 22.8 Å². The molecular weight excluding hydrogens is 376 g/mol. The van der Waals surface area contributed by atoms with Gasteiger partial charge in [-0.1, -0.05) is 23.8 Å². The van der Waals surface area contributed by atoms with Crippen molar-refractivity contribution in [1.29, 1.82) is 0 Å². The number of carbonyl (C=O) groups is 2. The number of hydrogen-bond acceptors (Lipinski definition) is 6. The monoisotopic (exact) mass is 396 g/mol. The van der Waals surface area contributed by atoms with Crippen LogP contribution in [0.25, 0.3) is 11.3 Å². The molecule has 0 radical (unpaired) electrons. The van der Waals surface area contributed by atoms with Crippen LogP contribution in [0.4, 0.5) is 5.13 Å². The maximum absolute atomic E-state index is 12.2. The van der Waals surface area contributed by atoms with Crippen molar-refractivity contribution < 1.29 is 19.1 Å². The molecule has 1 amide bonds. The second kappa shape index (κ2) is 8.67. The molecule has 1 N–H and O–H groups in total. The van der Waals surface area contributed by atoms with Crippen LogP contribution in [0.3, 0.4) is 0 Å². The zero-order valence-electron chi connectivity index (χ0n) is 15.8. The first-order chi connectivity index (χ1) is 13.5. The molecule has 0 fully saturated rings. The summed E-state index contributed by atoms with van der Waals surface area (Å²) in [5.41, 5.74) is 3.23. The fraction of sp³-hybridized carbons (Fsp3) is 0.190. The number of Topliss-reactive ketones (excluding diaryl/α,β-unsaturated/α-hetero) is 1. The molecule has 28 heavy (non-hydrogen) atoms. The SMILES string of the molecule is COc1ccc(C)cc1-c1csc(NC(=O)COc2cccc(C(C)=O)c2)n1. The maximum atomic E-state index is 12.2. The van der Waals surface area contributed by atoms with Crippen LogP contribution in [0, 0.1) is 6.92 Å². The van der Waals surface area contributed by atoms with Crippen LogP contribution in [-0.2, 0) is 4.79 Å². The molecule has 3 aromatic rings. The van der Waals surface area contributed by atoms with Gasteiger partial charge in [-0.3, -0.25) is 14.9 Å². The Morgan fingerprint density at radius 1 is 1.18 bits per heavy atom. The summed E-state index contributed by atoms with van der Waals surface area (Å²) in [5, 5.41) is 5.07. The van der Waals surface area contributed by atoms with Crippen LogP contribution in [0.5, 0.6) is 11.5 Å². The number of aryl methyl sites for hydroxylation is 1. The maximum Gasteiger partial charge on any atom is 0.264 e. The number of carbonyl (C=O) groups excluding carboxylic acids is 2. The zero-order valence-corrected chi connectivity index (χ0v) is 16.6. The van der Waals surface area contributed by atoms with Crippen LogP contribution >= 0.6 is 11.3 Å². The van der Waals surface area contributed by atoms with Gasteiger partial charge in [0.2, 0.25) is 0 Å². The Bertz CT molecular complexity index is 1010. The highest BCUT2D eigenvalue weighted by Crippen LogP contribution is 2.32. The van der Waals surface area contributed by atoms with Crippen LogP contribution in [0.15, 0.2) is 47.8 Å². The molecule has 0 spiro atoms. The standard InChI is InChI=1S/C21H20N2O4S/c1-13-7-8-19(26-3)17(9-13)18-12-28-21(22-18)23-20(25)11-27-16-6-4-5-15(10-16)14(2)24/h4-10,12H,11H2,1-3H3,(H,22,23,25). The number of anilines is 1. The Morgan fingerprint density at radius 3 is 2.75 bits per heavy atom. The smallest absolute Gasteiger partial charge is 0.264 e. The van der Waals surface area contributed by atoms with Crippen molar-refractivity contribution in [3.8, 4) is 22.8 Å². The average molecular weight is 396 g/mol. The van der Waals surface area contributed by atoms with Gasteiger partial charge in [-0.15, -0.1) is 11.3 Å². The summed E-state index contributed by atoms with van der Waals surface area (Å²) in [5.74, 6) is 0.803. The highest BCUT2D eigenvalue weighted by atomic mass is 32.1. The molecule has 2 aromatic carbocycles. The number of methoxy groups -OCH3 is 1. The van der Waals surface area contributed by atoms with Gasteiger partial charge in [-0.25, -0.2) is 4.98 Å². The van der Waals surface area contributed by atoms with Crippen molar-refractivity contribution in [3.05, 3.63) is 59.0 Å². The minimum atomic E-state index is -0.328. The molecule has 0 unspecified atom stereocenters. The van der Waals surface area contributed by atoms with E-state index in [-0.39, 0.29) is 18.3 Å². The molecule has 7 heteroatoms. The van der Waals surface area contributed by atoms with Crippen LogP contribution in [-0.4, -0.2) is 30.4 Å². The third-order valence-electron chi connectivity index (χ3n) is 3.99. The van der Waals surface area contributed by atoms with Crippen molar-refractivity contribution >= 4 is 28.2 Å². The Labute approximate surface area is 167 Å². The van der Waals surface area contributed by atoms with E-state index in [1.165, 1.54) is 18.3 Å². The molecule has 0 bridgehead atoms. The van der Waals surface area contributed by atoms with Crippen molar-refractivity contribution in [2.24, 2.45) is 0 Å².